The van der Waals surface area contributed by atoms with Crippen molar-refractivity contribution in [1.82, 2.24) is 5.32 Å². The van der Waals surface area contributed by atoms with Crippen LogP contribution in [0.1, 0.15) is 86.5 Å². The average Bonchev–Trinajstić information content (AvgIpc) is 2.29. The fourth-order valence-corrected chi connectivity index (χ4v) is 3.25. The molecule has 1 rings (SSSR count). The summed E-state index contributed by atoms with van der Waals surface area (Å²) in [5, 5.41) is 3.84. The predicted octanol–water partition coefficient (Wildman–Crippen LogP) is 5.40. The van der Waals surface area contributed by atoms with Gasteiger partial charge < -0.3 is 5.32 Å². The number of hydrogen-bond acceptors (Lipinski definition) is 1. The van der Waals surface area contributed by atoms with E-state index < -0.39 is 0 Å². The van der Waals surface area contributed by atoms with E-state index in [0.717, 1.165) is 12.0 Å². The summed E-state index contributed by atoms with van der Waals surface area (Å²) in [4.78, 5) is 0. The molecule has 0 spiro atoms. The van der Waals surface area contributed by atoms with Gasteiger partial charge in [0.2, 0.25) is 0 Å². The van der Waals surface area contributed by atoms with Gasteiger partial charge in [0.25, 0.3) is 0 Å². The van der Waals surface area contributed by atoms with Crippen molar-refractivity contribution in [2.45, 2.75) is 92.5 Å². The molecule has 0 heterocycles. The number of rotatable bonds is 6. The lowest BCUT2D eigenvalue weighted by atomic mass is 9.70. The Labute approximate surface area is 121 Å². The molecular weight excluding hydrogens is 230 g/mol. The van der Waals surface area contributed by atoms with Crippen molar-refractivity contribution in [3.63, 3.8) is 0 Å². The summed E-state index contributed by atoms with van der Waals surface area (Å²) in [5.74, 6) is 0.918. The highest BCUT2D eigenvalue weighted by Crippen LogP contribution is 2.40. The summed E-state index contributed by atoms with van der Waals surface area (Å²) in [5.41, 5.74) is 1.07. The van der Waals surface area contributed by atoms with E-state index in [-0.39, 0.29) is 0 Å². The Balaban J connectivity index is 2.49. The standard InChI is InChI=1S/C18H37N/c1-7-14-19-16(10-11-17(2,3)4)15-8-12-18(5,6)13-9-15/h15-16,19H,7-14H2,1-6H3. The van der Waals surface area contributed by atoms with Crippen LogP contribution in [0.3, 0.4) is 0 Å². The second kappa shape index (κ2) is 7.11. The Kier molecular flexibility index (Phi) is 6.36. The Morgan fingerprint density at radius 1 is 1.16 bits per heavy atom. The number of nitrogens with one attached hydrogen (secondary N) is 1. The van der Waals surface area contributed by atoms with Crippen LogP contribution >= 0.6 is 0 Å². The molecule has 0 aromatic heterocycles. The highest BCUT2D eigenvalue weighted by Gasteiger charge is 2.31. The van der Waals surface area contributed by atoms with E-state index in [4.69, 9.17) is 0 Å². The Hall–Kier alpha value is -0.0400. The minimum absolute atomic E-state index is 0.472. The normalized spacial score (nSPS) is 22.4. The molecule has 0 aliphatic heterocycles. The molecule has 0 bridgehead atoms. The van der Waals surface area contributed by atoms with Crippen LogP contribution in [0.25, 0.3) is 0 Å². The zero-order chi connectivity index (χ0) is 14.5. The van der Waals surface area contributed by atoms with Gasteiger partial charge in [-0.3, -0.25) is 0 Å². The van der Waals surface area contributed by atoms with Gasteiger partial charge in [0.1, 0.15) is 0 Å². The van der Waals surface area contributed by atoms with E-state index in [9.17, 15) is 0 Å². The predicted molar refractivity (Wildman–Crippen MR) is 86.5 cm³/mol. The summed E-state index contributed by atoms with van der Waals surface area (Å²) in [6, 6.07) is 0.760. The molecular formula is C18H37N. The molecule has 1 N–H and O–H groups in total. The summed E-state index contributed by atoms with van der Waals surface area (Å²) < 4.78 is 0. The lowest BCUT2D eigenvalue weighted by molar-refractivity contribution is 0.150. The lowest BCUT2D eigenvalue weighted by Gasteiger charge is -2.39. The van der Waals surface area contributed by atoms with Gasteiger partial charge in [-0.1, -0.05) is 41.5 Å². The number of hydrogen-bond donors (Lipinski definition) is 1. The van der Waals surface area contributed by atoms with Gasteiger partial charge in [-0.25, -0.2) is 0 Å². The molecule has 1 unspecified atom stereocenters. The zero-order valence-corrected chi connectivity index (χ0v) is 14.3. The first kappa shape index (κ1) is 17.0. The first-order valence-corrected chi connectivity index (χ1v) is 8.47. The molecule has 1 heteroatoms. The van der Waals surface area contributed by atoms with Gasteiger partial charge >= 0.3 is 0 Å². The lowest BCUT2D eigenvalue weighted by Crippen LogP contribution is -2.40. The van der Waals surface area contributed by atoms with Crippen LogP contribution in [-0.4, -0.2) is 12.6 Å². The van der Waals surface area contributed by atoms with Crippen molar-refractivity contribution < 1.29 is 0 Å². The van der Waals surface area contributed by atoms with Gasteiger partial charge in [-0.2, -0.15) is 0 Å². The van der Waals surface area contributed by atoms with Crippen LogP contribution in [-0.2, 0) is 0 Å². The molecule has 0 aromatic carbocycles. The Bertz CT molecular complexity index is 239. The average molecular weight is 268 g/mol. The third-order valence-corrected chi connectivity index (χ3v) is 4.81. The first-order valence-electron chi connectivity index (χ1n) is 8.47. The minimum atomic E-state index is 0.472. The molecule has 1 aliphatic carbocycles. The van der Waals surface area contributed by atoms with E-state index in [1.165, 1.54) is 51.5 Å². The largest absolute Gasteiger partial charge is 0.314 e. The third kappa shape index (κ3) is 6.79. The fraction of sp³-hybridized carbons (Fsp3) is 1.00. The van der Waals surface area contributed by atoms with Crippen molar-refractivity contribution in [2.75, 3.05) is 6.54 Å². The molecule has 0 amide bonds. The van der Waals surface area contributed by atoms with Crippen molar-refractivity contribution in [3.8, 4) is 0 Å². The summed E-state index contributed by atoms with van der Waals surface area (Å²) in [7, 11) is 0. The van der Waals surface area contributed by atoms with Crippen molar-refractivity contribution in [2.24, 2.45) is 16.7 Å². The van der Waals surface area contributed by atoms with Gasteiger partial charge in [0.15, 0.2) is 0 Å². The molecule has 1 fully saturated rings. The van der Waals surface area contributed by atoms with Crippen molar-refractivity contribution in [3.05, 3.63) is 0 Å². The fourth-order valence-electron chi connectivity index (χ4n) is 3.25. The van der Waals surface area contributed by atoms with Gasteiger partial charge in [0, 0.05) is 6.04 Å². The third-order valence-electron chi connectivity index (χ3n) is 4.81. The first-order chi connectivity index (χ1) is 8.73. The molecule has 114 valence electrons. The second-order valence-electron chi connectivity index (χ2n) is 8.66. The molecule has 0 radical (unpaired) electrons. The van der Waals surface area contributed by atoms with E-state index in [1.54, 1.807) is 0 Å². The van der Waals surface area contributed by atoms with E-state index in [1.807, 2.05) is 0 Å². The summed E-state index contributed by atoms with van der Waals surface area (Å²) in [6.45, 7) is 15.4. The van der Waals surface area contributed by atoms with E-state index >= 15 is 0 Å². The van der Waals surface area contributed by atoms with Crippen molar-refractivity contribution >= 4 is 0 Å². The molecule has 0 aromatic rings. The molecule has 19 heavy (non-hydrogen) atoms. The monoisotopic (exact) mass is 267 g/mol. The van der Waals surface area contributed by atoms with Crippen LogP contribution in [0.5, 0.6) is 0 Å². The topological polar surface area (TPSA) is 12.0 Å². The Morgan fingerprint density at radius 2 is 1.74 bits per heavy atom. The highest BCUT2D eigenvalue weighted by atomic mass is 14.9. The maximum atomic E-state index is 3.84. The van der Waals surface area contributed by atoms with Crippen LogP contribution < -0.4 is 5.32 Å². The maximum absolute atomic E-state index is 3.84. The second-order valence-corrected chi connectivity index (χ2v) is 8.66. The van der Waals surface area contributed by atoms with Crippen LogP contribution in [0.2, 0.25) is 0 Å². The Morgan fingerprint density at radius 3 is 2.21 bits per heavy atom. The van der Waals surface area contributed by atoms with E-state index in [0.29, 0.717) is 10.8 Å². The molecule has 1 atom stereocenters. The van der Waals surface area contributed by atoms with Gasteiger partial charge in [0.05, 0.1) is 0 Å². The summed E-state index contributed by atoms with van der Waals surface area (Å²) >= 11 is 0. The van der Waals surface area contributed by atoms with Gasteiger partial charge in [-0.15, -0.1) is 0 Å². The van der Waals surface area contributed by atoms with Gasteiger partial charge in [-0.05, 0) is 68.2 Å². The molecule has 1 nitrogen and oxygen atoms in total. The van der Waals surface area contributed by atoms with Crippen LogP contribution in [0.4, 0.5) is 0 Å². The SMILES string of the molecule is CCCNC(CCC(C)(C)C)C1CCC(C)(C)CC1. The minimum Gasteiger partial charge on any atom is -0.314 e. The smallest absolute Gasteiger partial charge is 0.00955 e. The summed E-state index contributed by atoms with van der Waals surface area (Å²) in [6.07, 6.45) is 9.64. The van der Waals surface area contributed by atoms with E-state index in [2.05, 4.69) is 46.9 Å². The molecule has 1 saturated carbocycles. The molecule has 0 saturated heterocycles. The van der Waals surface area contributed by atoms with Crippen LogP contribution in [0, 0.1) is 16.7 Å². The highest BCUT2D eigenvalue weighted by molar-refractivity contribution is 4.86. The van der Waals surface area contributed by atoms with Crippen LogP contribution in [0.15, 0.2) is 0 Å². The molecule has 1 aliphatic rings. The maximum Gasteiger partial charge on any atom is 0.00955 e. The quantitative estimate of drug-likeness (QED) is 0.679. The van der Waals surface area contributed by atoms with Crippen molar-refractivity contribution in [1.29, 1.82) is 0 Å². The zero-order valence-electron chi connectivity index (χ0n) is 14.3.